The van der Waals surface area contributed by atoms with Gasteiger partial charge in [0.05, 0.1) is 29.3 Å². The number of hydrogen-bond donors (Lipinski definition) is 0. The van der Waals surface area contributed by atoms with Gasteiger partial charge in [-0.25, -0.2) is 9.78 Å². The lowest BCUT2D eigenvalue weighted by Gasteiger charge is -2.08. The number of methoxy groups -OCH3 is 1. The molecule has 0 fully saturated rings. The van der Waals surface area contributed by atoms with Crippen molar-refractivity contribution in [2.24, 2.45) is 0 Å². The van der Waals surface area contributed by atoms with E-state index in [1.165, 1.54) is 24.8 Å². The second-order valence-corrected chi connectivity index (χ2v) is 4.60. The third-order valence-electron chi connectivity index (χ3n) is 2.49. The molecule has 7 nitrogen and oxygen atoms in total. The molecule has 104 valence electrons. The minimum atomic E-state index is -0.621. The molecule has 0 N–H and O–H groups in total. The van der Waals surface area contributed by atoms with Crippen LogP contribution in [-0.2, 0) is 0 Å². The Morgan fingerprint density at radius 3 is 2.70 bits per heavy atom. The van der Waals surface area contributed by atoms with Gasteiger partial charge >= 0.3 is 5.97 Å². The van der Waals surface area contributed by atoms with E-state index in [-0.39, 0.29) is 17.2 Å². The number of thiazole rings is 1. The number of nitro groups is 1. The number of nitro benzene ring substituents is 1. The predicted molar refractivity (Wildman–Crippen MR) is 71.5 cm³/mol. The number of hydrogen-bond acceptors (Lipinski definition) is 7. The summed E-state index contributed by atoms with van der Waals surface area (Å²) in [6, 6.07) is 3.79. The minimum Gasteiger partial charge on any atom is -0.493 e. The standard InChI is InChI=1S/C12H10N2O5S/c1-7-11(20-6-13-7)12(15)19-10-5-8(14(16)17)3-4-9(10)18-2/h3-6H,1-2H3. The zero-order chi connectivity index (χ0) is 14.7. The monoisotopic (exact) mass is 294 g/mol. The Balaban J connectivity index is 2.32. The van der Waals surface area contributed by atoms with E-state index >= 15 is 0 Å². The van der Waals surface area contributed by atoms with Crippen LogP contribution in [0.1, 0.15) is 15.4 Å². The minimum absolute atomic E-state index is 0.000463. The average Bonchev–Trinajstić information content (AvgIpc) is 2.84. The number of carbonyl (C=O) groups is 1. The van der Waals surface area contributed by atoms with Crippen molar-refractivity contribution in [1.82, 2.24) is 4.98 Å². The molecule has 20 heavy (non-hydrogen) atoms. The Bertz CT molecular complexity index is 668. The molecule has 1 aromatic heterocycles. The quantitative estimate of drug-likeness (QED) is 0.372. The van der Waals surface area contributed by atoms with Crippen LogP contribution in [0.15, 0.2) is 23.7 Å². The van der Waals surface area contributed by atoms with Gasteiger partial charge in [0.25, 0.3) is 5.69 Å². The highest BCUT2D eigenvalue weighted by Gasteiger charge is 2.19. The van der Waals surface area contributed by atoms with Gasteiger partial charge in [0.1, 0.15) is 4.88 Å². The van der Waals surface area contributed by atoms with Crippen molar-refractivity contribution >= 4 is 23.0 Å². The number of non-ortho nitro benzene ring substituents is 1. The van der Waals surface area contributed by atoms with E-state index in [0.717, 1.165) is 17.4 Å². The highest BCUT2D eigenvalue weighted by Crippen LogP contribution is 2.32. The maximum atomic E-state index is 12.0. The molecule has 0 saturated heterocycles. The van der Waals surface area contributed by atoms with E-state index in [0.29, 0.717) is 10.6 Å². The lowest BCUT2D eigenvalue weighted by atomic mass is 10.3. The van der Waals surface area contributed by atoms with Crippen molar-refractivity contribution < 1.29 is 19.2 Å². The third kappa shape index (κ3) is 2.75. The summed E-state index contributed by atoms with van der Waals surface area (Å²) in [6.07, 6.45) is 0. The van der Waals surface area contributed by atoms with Crippen molar-refractivity contribution in [3.63, 3.8) is 0 Å². The average molecular weight is 294 g/mol. The van der Waals surface area contributed by atoms with E-state index < -0.39 is 10.9 Å². The predicted octanol–water partition coefficient (Wildman–Crippen LogP) is 2.59. The number of aryl methyl sites for hydroxylation is 1. The summed E-state index contributed by atoms with van der Waals surface area (Å²) in [4.78, 5) is 26.4. The summed E-state index contributed by atoms with van der Waals surface area (Å²) in [5, 5.41) is 10.7. The molecule has 2 rings (SSSR count). The zero-order valence-corrected chi connectivity index (χ0v) is 11.5. The first-order valence-corrected chi connectivity index (χ1v) is 6.35. The SMILES string of the molecule is COc1ccc([N+](=O)[O-])cc1OC(=O)c1scnc1C. The zero-order valence-electron chi connectivity index (χ0n) is 10.7. The molecule has 0 bridgehead atoms. The molecule has 0 unspecified atom stereocenters. The van der Waals surface area contributed by atoms with Crippen molar-refractivity contribution in [3.05, 3.63) is 44.4 Å². The summed E-state index contributed by atoms with van der Waals surface area (Å²) in [7, 11) is 1.39. The topological polar surface area (TPSA) is 91.6 Å². The van der Waals surface area contributed by atoms with E-state index in [2.05, 4.69) is 4.98 Å². The van der Waals surface area contributed by atoms with E-state index in [1.54, 1.807) is 6.92 Å². The lowest BCUT2D eigenvalue weighted by molar-refractivity contribution is -0.384. The molecule has 0 radical (unpaired) electrons. The number of aromatic nitrogens is 1. The first kappa shape index (κ1) is 13.9. The van der Waals surface area contributed by atoms with Crippen LogP contribution in [0.25, 0.3) is 0 Å². The smallest absolute Gasteiger partial charge is 0.355 e. The molecular formula is C12H10N2O5S. The van der Waals surface area contributed by atoms with Gasteiger partial charge in [-0.2, -0.15) is 0 Å². The van der Waals surface area contributed by atoms with Crippen LogP contribution >= 0.6 is 11.3 Å². The number of rotatable bonds is 4. The van der Waals surface area contributed by atoms with Crippen molar-refractivity contribution in [2.75, 3.05) is 7.11 Å². The van der Waals surface area contributed by atoms with Gasteiger partial charge < -0.3 is 9.47 Å². The summed E-state index contributed by atoms with van der Waals surface area (Å²) >= 11 is 1.14. The van der Waals surface area contributed by atoms with E-state index in [9.17, 15) is 14.9 Å². The molecule has 1 heterocycles. The maximum Gasteiger partial charge on any atom is 0.355 e. The normalized spacial score (nSPS) is 10.1. The van der Waals surface area contributed by atoms with Crippen LogP contribution in [0.3, 0.4) is 0 Å². The third-order valence-corrected chi connectivity index (χ3v) is 3.40. The molecular weight excluding hydrogens is 284 g/mol. The van der Waals surface area contributed by atoms with Crippen LogP contribution in [0.4, 0.5) is 5.69 Å². The van der Waals surface area contributed by atoms with Crippen LogP contribution in [-0.4, -0.2) is 23.0 Å². The fourth-order valence-electron chi connectivity index (χ4n) is 1.50. The molecule has 0 aliphatic rings. The van der Waals surface area contributed by atoms with Crippen molar-refractivity contribution in [2.45, 2.75) is 6.92 Å². The van der Waals surface area contributed by atoms with Crippen LogP contribution in [0.5, 0.6) is 11.5 Å². The van der Waals surface area contributed by atoms with Gasteiger partial charge in [-0.3, -0.25) is 10.1 Å². The van der Waals surface area contributed by atoms with Gasteiger partial charge in [0.15, 0.2) is 11.5 Å². The second kappa shape index (κ2) is 5.66. The Morgan fingerprint density at radius 2 is 2.15 bits per heavy atom. The van der Waals surface area contributed by atoms with Crippen LogP contribution in [0, 0.1) is 17.0 Å². The summed E-state index contributed by atoms with van der Waals surface area (Å²) in [5.41, 5.74) is 1.88. The number of nitrogens with zero attached hydrogens (tertiary/aromatic N) is 2. The Labute approximate surface area is 117 Å². The summed E-state index contributed by atoms with van der Waals surface area (Å²) in [6.45, 7) is 1.68. The Hall–Kier alpha value is -2.48. The largest absolute Gasteiger partial charge is 0.493 e. The van der Waals surface area contributed by atoms with Gasteiger partial charge in [-0.15, -0.1) is 11.3 Å². The fourth-order valence-corrected chi connectivity index (χ4v) is 2.18. The molecule has 0 aliphatic carbocycles. The molecule has 1 aromatic carbocycles. The first-order chi connectivity index (χ1) is 9.52. The summed E-state index contributed by atoms with van der Waals surface area (Å²) < 4.78 is 10.2. The van der Waals surface area contributed by atoms with Gasteiger partial charge in [0.2, 0.25) is 0 Å². The Morgan fingerprint density at radius 1 is 1.40 bits per heavy atom. The van der Waals surface area contributed by atoms with Crippen molar-refractivity contribution in [1.29, 1.82) is 0 Å². The summed E-state index contributed by atoms with van der Waals surface area (Å²) in [5.74, 6) is -0.380. The Kier molecular flexibility index (Phi) is 3.94. The highest BCUT2D eigenvalue weighted by molar-refractivity contribution is 7.11. The van der Waals surface area contributed by atoms with Gasteiger partial charge in [-0.05, 0) is 13.0 Å². The molecule has 0 amide bonds. The van der Waals surface area contributed by atoms with Gasteiger partial charge in [0, 0.05) is 6.07 Å². The van der Waals surface area contributed by atoms with Crippen LogP contribution < -0.4 is 9.47 Å². The van der Waals surface area contributed by atoms with Crippen molar-refractivity contribution in [3.8, 4) is 11.5 Å². The highest BCUT2D eigenvalue weighted by atomic mass is 32.1. The lowest BCUT2D eigenvalue weighted by Crippen LogP contribution is -2.09. The molecule has 0 aliphatic heterocycles. The first-order valence-electron chi connectivity index (χ1n) is 5.47. The van der Waals surface area contributed by atoms with E-state index in [4.69, 9.17) is 9.47 Å². The number of ether oxygens (including phenoxy) is 2. The fraction of sp³-hybridized carbons (Fsp3) is 0.167. The molecule has 0 saturated carbocycles. The van der Waals surface area contributed by atoms with E-state index in [1.807, 2.05) is 0 Å². The molecule has 2 aromatic rings. The molecule has 0 spiro atoms. The molecule has 0 atom stereocenters. The molecule has 8 heteroatoms. The maximum absolute atomic E-state index is 12.0. The van der Waals surface area contributed by atoms with Crippen LogP contribution in [0.2, 0.25) is 0 Å². The number of benzene rings is 1. The number of esters is 1. The van der Waals surface area contributed by atoms with Gasteiger partial charge in [-0.1, -0.05) is 0 Å². The second-order valence-electron chi connectivity index (χ2n) is 3.75. The number of carbonyl (C=O) groups excluding carboxylic acids is 1.